The van der Waals surface area contributed by atoms with Crippen LogP contribution in [0.15, 0.2) is 22.5 Å². The molecule has 18 heavy (non-hydrogen) atoms. The van der Waals surface area contributed by atoms with E-state index in [0.717, 1.165) is 22.1 Å². The van der Waals surface area contributed by atoms with Gasteiger partial charge in [-0.05, 0) is 35.3 Å². The van der Waals surface area contributed by atoms with Gasteiger partial charge >= 0.3 is 0 Å². The molecule has 0 atom stereocenters. The SMILES string of the molecule is CCc1nsc(SCc2cc(F)cc(C#N)c2)n1. The van der Waals surface area contributed by atoms with E-state index in [1.807, 2.05) is 13.0 Å². The van der Waals surface area contributed by atoms with Crippen molar-refractivity contribution < 1.29 is 4.39 Å². The topological polar surface area (TPSA) is 49.6 Å². The van der Waals surface area contributed by atoms with Crippen LogP contribution in [0, 0.1) is 17.1 Å². The number of benzene rings is 1. The molecule has 2 aromatic rings. The lowest BCUT2D eigenvalue weighted by Gasteiger charge is -2.00. The van der Waals surface area contributed by atoms with Crippen LogP contribution in [0.3, 0.4) is 0 Å². The fourth-order valence-corrected chi connectivity index (χ4v) is 3.01. The number of hydrogen-bond donors (Lipinski definition) is 0. The quantitative estimate of drug-likeness (QED) is 0.805. The number of halogens is 1. The van der Waals surface area contributed by atoms with Gasteiger partial charge in [-0.25, -0.2) is 9.37 Å². The first kappa shape index (κ1) is 13.0. The van der Waals surface area contributed by atoms with Crippen LogP contribution in [0.4, 0.5) is 4.39 Å². The predicted octanol–water partition coefficient (Wildman–Crippen LogP) is 3.40. The number of aryl methyl sites for hydroxylation is 1. The van der Waals surface area contributed by atoms with Gasteiger partial charge in [-0.2, -0.15) is 9.64 Å². The van der Waals surface area contributed by atoms with Gasteiger partial charge in [0.05, 0.1) is 11.6 Å². The maximum Gasteiger partial charge on any atom is 0.170 e. The molecule has 0 aliphatic rings. The second-order valence-electron chi connectivity index (χ2n) is 3.58. The van der Waals surface area contributed by atoms with E-state index in [-0.39, 0.29) is 5.82 Å². The van der Waals surface area contributed by atoms with Crippen molar-refractivity contribution in [2.75, 3.05) is 0 Å². The van der Waals surface area contributed by atoms with Crippen LogP contribution >= 0.6 is 23.3 Å². The Morgan fingerprint density at radius 1 is 1.44 bits per heavy atom. The third kappa shape index (κ3) is 3.28. The van der Waals surface area contributed by atoms with Crippen molar-refractivity contribution in [3.05, 3.63) is 41.0 Å². The zero-order chi connectivity index (χ0) is 13.0. The Bertz CT molecular complexity index is 589. The molecule has 0 spiro atoms. The normalized spacial score (nSPS) is 10.3. The first-order valence-corrected chi connectivity index (χ1v) is 7.12. The summed E-state index contributed by atoms with van der Waals surface area (Å²) < 4.78 is 18.3. The van der Waals surface area contributed by atoms with E-state index in [1.54, 1.807) is 6.07 Å². The molecule has 1 aromatic heterocycles. The average Bonchev–Trinajstić information content (AvgIpc) is 2.83. The molecular weight excluding hydrogens is 269 g/mol. The monoisotopic (exact) mass is 279 g/mol. The summed E-state index contributed by atoms with van der Waals surface area (Å²) in [5, 5.41) is 8.76. The summed E-state index contributed by atoms with van der Waals surface area (Å²) in [6, 6.07) is 6.31. The summed E-state index contributed by atoms with van der Waals surface area (Å²) in [7, 11) is 0. The van der Waals surface area contributed by atoms with Gasteiger partial charge in [0.25, 0.3) is 0 Å². The van der Waals surface area contributed by atoms with Crippen molar-refractivity contribution in [1.29, 1.82) is 5.26 Å². The van der Waals surface area contributed by atoms with Crippen molar-refractivity contribution in [2.45, 2.75) is 23.4 Å². The number of hydrogen-bond acceptors (Lipinski definition) is 5. The van der Waals surface area contributed by atoms with E-state index in [0.29, 0.717) is 11.3 Å². The molecule has 3 nitrogen and oxygen atoms in total. The largest absolute Gasteiger partial charge is 0.213 e. The molecule has 0 bridgehead atoms. The fourth-order valence-electron chi connectivity index (χ4n) is 1.38. The zero-order valence-electron chi connectivity index (χ0n) is 9.68. The standard InChI is InChI=1S/C12H10FN3S2/c1-2-11-15-12(18-16-11)17-7-9-3-8(6-14)4-10(13)5-9/h3-5H,2,7H2,1H3. The molecule has 0 saturated carbocycles. The van der Waals surface area contributed by atoms with Crippen molar-refractivity contribution in [2.24, 2.45) is 0 Å². The maximum absolute atomic E-state index is 13.2. The molecule has 92 valence electrons. The number of rotatable bonds is 4. The molecule has 6 heteroatoms. The minimum atomic E-state index is -0.379. The molecule has 0 fully saturated rings. The second kappa shape index (κ2) is 5.94. The van der Waals surface area contributed by atoms with Crippen molar-refractivity contribution in [1.82, 2.24) is 9.36 Å². The molecule has 0 N–H and O–H groups in total. The first-order valence-electron chi connectivity index (χ1n) is 5.36. The maximum atomic E-state index is 13.2. The zero-order valence-corrected chi connectivity index (χ0v) is 11.3. The highest BCUT2D eigenvalue weighted by atomic mass is 32.2. The minimum absolute atomic E-state index is 0.345. The smallest absolute Gasteiger partial charge is 0.170 e. The Morgan fingerprint density at radius 3 is 2.94 bits per heavy atom. The van der Waals surface area contributed by atoms with E-state index in [9.17, 15) is 4.39 Å². The summed E-state index contributed by atoms with van der Waals surface area (Å²) in [5.41, 5.74) is 1.13. The van der Waals surface area contributed by atoms with E-state index in [1.165, 1.54) is 35.4 Å². The molecule has 1 heterocycles. The molecular formula is C12H10FN3S2. The van der Waals surface area contributed by atoms with Crippen LogP contribution in [0.1, 0.15) is 23.9 Å². The summed E-state index contributed by atoms with van der Waals surface area (Å²) in [4.78, 5) is 4.32. The van der Waals surface area contributed by atoms with E-state index in [2.05, 4.69) is 9.36 Å². The first-order chi connectivity index (χ1) is 8.71. The highest BCUT2D eigenvalue weighted by Crippen LogP contribution is 2.25. The molecule has 0 amide bonds. The third-order valence-electron chi connectivity index (χ3n) is 2.21. The van der Waals surface area contributed by atoms with Gasteiger partial charge in [0, 0.05) is 12.2 Å². The lowest BCUT2D eigenvalue weighted by molar-refractivity contribution is 0.626. The van der Waals surface area contributed by atoms with Gasteiger partial charge in [-0.3, -0.25) is 0 Å². The van der Waals surface area contributed by atoms with Crippen molar-refractivity contribution in [3.8, 4) is 6.07 Å². The highest BCUT2D eigenvalue weighted by Gasteiger charge is 2.05. The van der Waals surface area contributed by atoms with Crippen LogP contribution in [-0.2, 0) is 12.2 Å². The van der Waals surface area contributed by atoms with E-state index in [4.69, 9.17) is 5.26 Å². The number of nitriles is 1. The van der Waals surface area contributed by atoms with Crippen LogP contribution in [0.25, 0.3) is 0 Å². The highest BCUT2D eigenvalue weighted by molar-refractivity contribution is 8.00. The van der Waals surface area contributed by atoms with Gasteiger partial charge in [0.15, 0.2) is 4.34 Å². The second-order valence-corrected chi connectivity index (χ2v) is 5.55. The number of thioether (sulfide) groups is 1. The van der Waals surface area contributed by atoms with Crippen LogP contribution < -0.4 is 0 Å². The average molecular weight is 279 g/mol. The lowest BCUT2D eigenvalue weighted by atomic mass is 10.1. The van der Waals surface area contributed by atoms with E-state index < -0.39 is 0 Å². The van der Waals surface area contributed by atoms with Crippen LogP contribution in [0.5, 0.6) is 0 Å². The van der Waals surface area contributed by atoms with Crippen molar-refractivity contribution >= 4 is 23.3 Å². The Hall–Kier alpha value is -1.45. The third-order valence-corrected chi connectivity index (χ3v) is 4.16. The van der Waals surface area contributed by atoms with Crippen molar-refractivity contribution in [3.63, 3.8) is 0 Å². The Morgan fingerprint density at radius 2 is 2.28 bits per heavy atom. The van der Waals surface area contributed by atoms with Gasteiger partial charge in [-0.15, -0.1) is 0 Å². The summed E-state index contributed by atoms with van der Waals surface area (Å²) >= 11 is 2.86. The van der Waals surface area contributed by atoms with Gasteiger partial charge in [-0.1, -0.05) is 18.7 Å². The minimum Gasteiger partial charge on any atom is -0.213 e. The molecule has 0 aliphatic heterocycles. The van der Waals surface area contributed by atoms with Gasteiger partial charge in [0.2, 0.25) is 0 Å². The lowest BCUT2D eigenvalue weighted by Crippen LogP contribution is -1.87. The van der Waals surface area contributed by atoms with Gasteiger partial charge in [0.1, 0.15) is 11.6 Å². The van der Waals surface area contributed by atoms with E-state index >= 15 is 0 Å². The molecule has 2 rings (SSSR count). The molecule has 0 saturated heterocycles. The summed E-state index contributed by atoms with van der Waals surface area (Å²) in [6.07, 6.45) is 0.815. The molecule has 0 radical (unpaired) electrons. The Kier molecular flexibility index (Phi) is 4.28. The van der Waals surface area contributed by atoms with Gasteiger partial charge < -0.3 is 0 Å². The Labute approximate surface area is 113 Å². The summed E-state index contributed by atoms with van der Waals surface area (Å²) in [6.45, 7) is 2.00. The molecule has 1 aromatic carbocycles. The molecule has 0 aliphatic carbocycles. The predicted molar refractivity (Wildman–Crippen MR) is 70.0 cm³/mol. The van der Waals surface area contributed by atoms with Crippen LogP contribution in [-0.4, -0.2) is 9.36 Å². The molecule has 0 unspecified atom stereocenters. The number of nitrogens with zero attached hydrogens (tertiary/aromatic N) is 3. The number of aromatic nitrogens is 2. The summed E-state index contributed by atoms with van der Waals surface area (Å²) in [5.74, 6) is 1.04. The van der Waals surface area contributed by atoms with Crippen LogP contribution in [0.2, 0.25) is 0 Å². The Balaban J connectivity index is 2.06. The fraction of sp³-hybridized carbons (Fsp3) is 0.250.